The van der Waals surface area contributed by atoms with E-state index < -0.39 is 11.6 Å². The standard InChI is InChI=1S/C32H43F2N2/c1-17(2)26-14-24(30-22(8)20(6)21(7)23(30)9)15-27(18(3)4)31(26)36-12-11-35(10)32(36)29-19(5)13-25(33)16-28(29)34/h11-18,20-23,30H,1-10H3/q+1. The SMILES string of the molecule is Cc1cc(F)cc(F)c1-c1n(-c2c(C(C)C)cc(C3C(C)C(C)C(C)C3C)cc2C(C)C)cc[n+]1C. The Kier molecular flexibility index (Phi) is 7.20. The van der Waals surface area contributed by atoms with E-state index in [9.17, 15) is 4.39 Å². The summed E-state index contributed by atoms with van der Waals surface area (Å²) >= 11 is 0. The fourth-order valence-corrected chi connectivity index (χ4v) is 6.69. The van der Waals surface area contributed by atoms with E-state index in [1.165, 1.54) is 22.8 Å². The molecule has 0 bridgehead atoms. The molecule has 36 heavy (non-hydrogen) atoms. The maximum absolute atomic E-state index is 15.2. The largest absolute Gasteiger partial charge is 0.297 e. The lowest BCUT2D eigenvalue weighted by Gasteiger charge is -2.26. The highest BCUT2D eigenvalue weighted by atomic mass is 19.1. The zero-order valence-corrected chi connectivity index (χ0v) is 23.7. The predicted octanol–water partition coefficient (Wildman–Crippen LogP) is 8.44. The lowest BCUT2D eigenvalue weighted by Crippen LogP contribution is -2.30. The van der Waals surface area contributed by atoms with Crippen molar-refractivity contribution in [2.24, 2.45) is 30.7 Å². The van der Waals surface area contributed by atoms with Gasteiger partial charge < -0.3 is 0 Å². The monoisotopic (exact) mass is 493 g/mol. The van der Waals surface area contributed by atoms with Crippen LogP contribution >= 0.6 is 0 Å². The molecule has 194 valence electrons. The van der Waals surface area contributed by atoms with E-state index in [4.69, 9.17) is 0 Å². The molecule has 4 heteroatoms. The molecule has 2 nitrogen and oxygen atoms in total. The van der Waals surface area contributed by atoms with Crippen LogP contribution in [0, 0.1) is 42.2 Å². The molecule has 0 radical (unpaired) electrons. The van der Waals surface area contributed by atoms with Gasteiger partial charge in [-0.2, -0.15) is 4.57 Å². The molecule has 1 saturated carbocycles. The predicted molar refractivity (Wildman–Crippen MR) is 145 cm³/mol. The highest BCUT2D eigenvalue weighted by Crippen LogP contribution is 2.52. The van der Waals surface area contributed by atoms with E-state index in [0.717, 1.165) is 17.6 Å². The maximum Gasteiger partial charge on any atom is 0.297 e. The first-order valence-electron chi connectivity index (χ1n) is 13.6. The number of nitrogens with zero attached hydrogens (tertiary/aromatic N) is 2. The minimum absolute atomic E-state index is 0.291. The van der Waals surface area contributed by atoms with Crippen molar-refractivity contribution < 1.29 is 13.3 Å². The van der Waals surface area contributed by atoms with Gasteiger partial charge in [-0.1, -0.05) is 67.5 Å². The normalized spacial score (nSPS) is 24.3. The molecule has 4 atom stereocenters. The maximum atomic E-state index is 15.2. The Hall–Kier alpha value is -2.49. The average molecular weight is 494 g/mol. The minimum atomic E-state index is -0.548. The van der Waals surface area contributed by atoms with Gasteiger partial charge in [0.2, 0.25) is 0 Å². The van der Waals surface area contributed by atoms with E-state index in [1.807, 2.05) is 24.0 Å². The first-order chi connectivity index (χ1) is 16.8. The molecule has 0 spiro atoms. The number of hydrogen-bond donors (Lipinski definition) is 0. The molecule has 2 aromatic carbocycles. The third kappa shape index (κ3) is 4.31. The van der Waals surface area contributed by atoms with Gasteiger partial charge in [0.05, 0.1) is 7.05 Å². The lowest BCUT2D eigenvalue weighted by atomic mass is 9.79. The molecule has 1 aliphatic carbocycles. The van der Waals surface area contributed by atoms with Crippen molar-refractivity contribution in [1.29, 1.82) is 0 Å². The van der Waals surface area contributed by atoms with Gasteiger partial charge in [-0.3, -0.25) is 0 Å². The lowest BCUT2D eigenvalue weighted by molar-refractivity contribution is -0.659. The van der Waals surface area contributed by atoms with Gasteiger partial charge in [0.15, 0.2) is 0 Å². The number of aromatic nitrogens is 2. The van der Waals surface area contributed by atoms with Crippen LogP contribution in [0.15, 0.2) is 36.7 Å². The van der Waals surface area contributed by atoms with Gasteiger partial charge in [0.25, 0.3) is 5.82 Å². The van der Waals surface area contributed by atoms with Gasteiger partial charge >= 0.3 is 0 Å². The van der Waals surface area contributed by atoms with Crippen molar-refractivity contribution in [3.63, 3.8) is 0 Å². The summed E-state index contributed by atoms with van der Waals surface area (Å²) in [6.45, 7) is 20.4. The Bertz CT molecular complexity index is 1200. The quantitative estimate of drug-likeness (QED) is 0.315. The van der Waals surface area contributed by atoms with E-state index >= 15 is 4.39 Å². The Morgan fingerprint density at radius 1 is 0.806 bits per heavy atom. The summed E-state index contributed by atoms with van der Waals surface area (Å²) < 4.78 is 33.3. The van der Waals surface area contributed by atoms with Crippen molar-refractivity contribution >= 4 is 0 Å². The Morgan fingerprint density at radius 2 is 1.33 bits per heavy atom. The first-order valence-corrected chi connectivity index (χ1v) is 13.6. The zero-order valence-electron chi connectivity index (χ0n) is 23.7. The number of rotatable bonds is 5. The molecule has 3 aromatic rings. The smallest absolute Gasteiger partial charge is 0.232 e. The van der Waals surface area contributed by atoms with Crippen LogP contribution in [-0.2, 0) is 7.05 Å². The van der Waals surface area contributed by atoms with Crippen LogP contribution in [0.3, 0.4) is 0 Å². The van der Waals surface area contributed by atoms with Crippen molar-refractivity contribution in [2.75, 3.05) is 0 Å². The average Bonchev–Trinajstić information content (AvgIpc) is 3.25. The molecule has 0 amide bonds. The Labute approximate surface area is 216 Å². The number of hydrogen-bond acceptors (Lipinski definition) is 0. The summed E-state index contributed by atoms with van der Waals surface area (Å²) in [6.07, 6.45) is 3.99. The number of aryl methyl sites for hydroxylation is 2. The zero-order chi connectivity index (χ0) is 26.6. The van der Waals surface area contributed by atoms with E-state index in [1.54, 1.807) is 6.92 Å². The van der Waals surface area contributed by atoms with Gasteiger partial charge in [-0.05, 0) is 65.5 Å². The second-order valence-corrected chi connectivity index (χ2v) is 12.0. The number of benzene rings is 2. The van der Waals surface area contributed by atoms with Crippen LogP contribution in [0.25, 0.3) is 17.1 Å². The second-order valence-electron chi connectivity index (χ2n) is 12.0. The summed E-state index contributed by atoms with van der Waals surface area (Å²) in [6, 6.07) is 7.25. The summed E-state index contributed by atoms with van der Waals surface area (Å²) in [5.41, 5.74) is 6.15. The molecular formula is C32H43F2N2+. The van der Waals surface area contributed by atoms with Crippen LogP contribution in [0.5, 0.6) is 0 Å². The van der Waals surface area contributed by atoms with Gasteiger partial charge in [0, 0.05) is 17.2 Å². The summed E-state index contributed by atoms with van der Waals surface area (Å²) in [5, 5.41) is 0. The molecule has 0 saturated heterocycles. The van der Waals surface area contributed by atoms with Crippen LogP contribution in [-0.4, -0.2) is 4.57 Å². The third-order valence-electron chi connectivity index (χ3n) is 9.16. The van der Waals surface area contributed by atoms with Crippen molar-refractivity contribution in [1.82, 2.24) is 4.57 Å². The molecule has 1 aliphatic rings. The van der Waals surface area contributed by atoms with E-state index in [2.05, 4.69) is 72.1 Å². The Morgan fingerprint density at radius 3 is 1.81 bits per heavy atom. The van der Waals surface area contributed by atoms with Crippen LogP contribution in [0.2, 0.25) is 0 Å². The number of imidazole rings is 1. The summed E-state index contributed by atoms with van der Waals surface area (Å²) in [5.74, 6) is 3.37. The van der Waals surface area contributed by atoms with Crippen molar-refractivity contribution in [3.8, 4) is 17.1 Å². The van der Waals surface area contributed by atoms with Crippen LogP contribution < -0.4 is 4.57 Å². The van der Waals surface area contributed by atoms with E-state index in [0.29, 0.717) is 52.6 Å². The molecule has 1 aromatic heterocycles. The van der Waals surface area contributed by atoms with Crippen molar-refractivity contribution in [3.05, 3.63) is 70.5 Å². The fraction of sp³-hybridized carbons (Fsp3) is 0.531. The highest BCUT2D eigenvalue weighted by molar-refractivity contribution is 5.64. The molecular weight excluding hydrogens is 450 g/mol. The molecule has 4 rings (SSSR count). The first kappa shape index (κ1) is 26.6. The topological polar surface area (TPSA) is 8.81 Å². The van der Waals surface area contributed by atoms with Gasteiger partial charge in [0.1, 0.15) is 35.3 Å². The molecule has 4 unspecified atom stereocenters. The fourth-order valence-electron chi connectivity index (χ4n) is 6.69. The van der Waals surface area contributed by atoms with Crippen molar-refractivity contribution in [2.45, 2.75) is 80.1 Å². The highest BCUT2D eigenvalue weighted by Gasteiger charge is 2.43. The molecule has 1 fully saturated rings. The number of halogens is 2. The van der Waals surface area contributed by atoms with Crippen LogP contribution in [0.4, 0.5) is 8.78 Å². The second kappa shape index (κ2) is 9.76. The minimum Gasteiger partial charge on any atom is -0.232 e. The molecule has 1 heterocycles. The summed E-state index contributed by atoms with van der Waals surface area (Å²) in [7, 11) is 1.93. The van der Waals surface area contributed by atoms with Gasteiger partial charge in [-0.15, -0.1) is 0 Å². The molecule has 0 aliphatic heterocycles. The van der Waals surface area contributed by atoms with Crippen LogP contribution in [0.1, 0.15) is 95.4 Å². The molecule has 0 N–H and O–H groups in total. The Balaban J connectivity index is 2.01. The summed E-state index contributed by atoms with van der Waals surface area (Å²) in [4.78, 5) is 0. The third-order valence-corrected chi connectivity index (χ3v) is 9.16. The van der Waals surface area contributed by atoms with Gasteiger partial charge in [-0.25, -0.2) is 13.3 Å². The van der Waals surface area contributed by atoms with E-state index in [-0.39, 0.29) is 0 Å².